The van der Waals surface area contributed by atoms with E-state index in [0.717, 1.165) is 34.8 Å². The Labute approximate surface area is 93.0 Å². The van der Waals surface area contributed by atoms with E-state index in [0.29, 0.717) is 5.71 Å². The molecule has 2 heterocycles. The zero-order valence-corrected chi connectivity index (χ0v) is 9.16. The van der Waals surface area contributed by atoms with E-state index in [1.54, 1.807) is 0 Å². The average Bonchev–Trinajstić information content (AvgIpc) is 3.01. The van der Waals surface area contributed by atoms with Crippen molar-refractivity contribution < 1.29 is 4.52 Å². The van der Waals surface area contributed by atoms with Crippen LogP contribution in [0.2, 0.25) is 0 Å². The van der Waals surface area contributed by atoms with Crippen LogP contribution >= 0.6 is 0 Å². The highest BCUT2D eigenvalue weighted by Crippen LogP contribution is 2.34. The molecule has 5 nitrogen and oxygen atoms in total. The van der Waals surface area contributed by atoms with Crippen molar-refractivity contribution in [2.45, 2.75) is 26.2 Å². The lowest BCUT2D eigenvalue weighted by Gasteiger charge is -2.04. The van der Waals surface area contributed by atoms with Crippen LogP contribution in [0.25, 0.3) is 11.1 Å². The van der Waals surface area contributed by atoms with E-state index in [4.69, 9.17) is 10.4 Å². The summed E-state index contributed by atoms with van der Waals surface area (Å²) in [5.41, 5.74) is 5.95. The number of hydrazine groups is 1. The van der Waals surface area contributed by atoms with E-state index >= 15 is 0 Å². The Bertz CT molecular complexity index is 530. The number of hydrogen-bond acceptors (Lipinski definition) is 5. The summed E-state index contributed by atoms with van der Waals surface area (Å²) in [6.45, 7) is 1.88. The molecule has 16 heavy (non-hydrogen) atoms. The molecular weight excluding hydrogens is 204 g/mol. The Kier molecular flexibility index (Phi) is 2.07. The largest absolute Gasteiger partial charge is 0.335 e. The lowest BCUT2D eigenvalue weighted by Crippen LogP contribution is -2.08. The van der Waals surface area contributed by atoms with Gasteiger partial charge in [0.2, 0.25) is 0 Å². The molecular formula is C11H14N4O. The third-order valence-corrected chi connectivity index (χ3v) is 3.02. The zero-order valence-electron chi connectivity index (χ0n) is 9.16. The Balaban J connectivity index is 2.10. The first kappa shape index (κ1) is 9.59. The molecule has 0 saturated heterocycles. The van der Waals surface area contributed by atoms with Gasteiger partial charge in [0.05, 0.1) is 16.8 Å². The third-order valence-electron chi connectivity index (χ3n) is 3.02. The first-order valence-corrected chi connectivity index (χ1v) is 5.50. The van der Waals surface area contributed by atoms with E-state index < -0.39 is 0 Å². The van der Waals surface area contributed by atoms with Gasteiger partial charge in [-0.2, -0.15) is 0 Å². The van der Waals surface area contributed by atoms with Gasteiger partial charge in [-0.05, 0) is 38.2 Å². The topological polar surface area (TPSA) is 77.0 Å². The van der Waals surface area contributed by atoms with Crippen LogP contribution in [0.4, 0.5) is 5.69 Å². The molecule has 3 rings (SSSR count). The first-order chi connectivity index (χ1) is 7.78. The Hall–Kier alpha value is -1.62. The monoisotopic (exact) mass is 218 g/mol. The molecule has 3 N–H and O–H groups in total. The molecule has 1 fully saturated rings. The summed E-state index contributed by atoms with van der Waals surface area (Å²) in [5, 5.41) is 4.78. The van der Waals surface area contributed by atoms with Gasteiger partial charge in [-0.1, -0.05) is 5.16 Å². The highest BCUT2D eigenvalue weighted by atomic mass is 16.5. The molecule has 0 amide bonds. The molecule has 0 aromatic carbocycles. The minimum absolute atomic E-state index is 0.573. The van der Waals surface area contributed by atoms with Crippen LogP contribution in [0.1, 0.15) is 24.2 Å². The number of aryl methyl sites for hydroxylation is 1. The highest BCUT2D eigenvalue weighted by Gasteiger charge is 2.23. The second-order valence-electron chi connectivity index (χ2n) is 4.40. The molecule has 1 aliphatic rings. The summed E-state index contributed by atoms with van der Waals surface area (Å²) in [5.74, 6) is 6.30. The molecule has 0 bridgehead atoms. The lowest BCUT2D eigenvalue weighted by molar-refractivity contribution is 0.442. The second kappa shape index (κ2) is 3.45. The summed E-state index contributed by atoms with van der Waals surface area (Å²) in [6.07, 6.45) is 3.62. The molecule has 0 unspecified atom stereocenters. The van der Waals surface area contributed by atoms with Gasteiger partial charge in [0, 0.05) is 5.69 Å². The maximum absolute atomic E-state index is 5.51. The van der Waals surface area contributed by atoms with E-state index in [1.165, 1.54) is 12.8 Å². The number of nitrogens with zero attached hydrogens (tertiary/aromatic N) is 2. The zero-order chi connectivity index (χ0) is 11.1. The average molecular weight is 218 g/mol. The van der Waals surface area contributed by atoms with Crippen LogP contribution in [0.15, 0.2) is 10.6 Å². The second-order valence-corrected chi connectivity index (χ2v) is 4.40. The highest BCUT2D eigenvalue weighted by molar-refractivity contribution is 5.89. The summed E-state index contributed by atoms with van der Waals surface area (Å²) < 4.78 is 5.18. The fourth-order valence-electron chi connectivity index (χ4n) is 1.98. The van der Waals surface area contributed by atoms with Crippen molar-refractivity contribution in [1.82, 2.24) is 10.1 Å². The third kappa shape index (κ3) is 1.53. The van der Waals surface area contributed by atoms with E-state index in [1.807, 2.05) is 13.0 Å². The van der Waals surface area contributed by atoms with Gasteiger partial charge in [-0.25, -0.2) is 4.98 Å². The van der Waals surface area contributed by atoms with Crippen molar-refractivity contribution in [2.24, 2.45) is 11.8 Å². The maximum atomic E-state index is 5.51. The SMILES string of the molecule is Cc1noc2nc(CC3CC3)cc(NN)c12. The van der Waals surface area contributed by atoms with Crippen molar-refractivity contribution in [3.63, 3.8) is 0 Å². The fourth-order valence-corrected chi connectivity index (χ4v) is 1.98. The summed E-state index contributed by atoms with van der Waals surface area (Å²) >= 11 is 0. The number of fused-ring (bicyclic) bond motifs is 1. The Morgan fingerprint density at radius 1 is 1.56 bits per heavy atom. The summed E-state index contributed by atoms with van der Waals surface area (Å²) in [4.78, 5) is 4.46. The number of rotatable bonds is 3. The Morgan fingerprint density at radius 2 is 2.38 bits per heavy atom. The van der Waals surface area contributed by atoms with E-state index in [2.05, 4.69) is 15.6 Å². The van der Waals surface area contributed by atoms with Gasteiger partial charge in [0.15, 0.2) is 0 Å². The van der Waals surface area contributed by atoms with Gasteiger partial charge < -0.3 is 9.95 Å². The molecule has 0 aliphatic heterocycles. The van der Waals surface area contributed by atoms with Crippen molar-refractivity contribution in [3.8, 4) is 0 Å². The van der Waals surface area contributed by atoms with Crippen molar-refractivity contribution >= 4 is 16.8 Å². The van der Waals surface area contributed by atoms with E-state index in [-0.39, 0.29) is 0 Å². The molecule has 1 saturated carbocycles. The van der Waals surface area contributed by atoms with Crippen LogP contribution in [0.5, 0.6) is 0 Å². The van der Waals surface area contributed by atoms with Crippen LogP contribution in [-0.2, 0) is 6.42 Å². The quantitative estimate of drug-likeness (QED) is 0.606. The predicted octanol–water partition coefficient (Wildman–Crippen LogP) is 1.77. The molecule has 0 spiro atoms. The number of nitrogen functional groups attached to an aromatic ring is 1. The lowest BCUT2D eigenvalue weighted by atomic mass is 10.1. The molecule has 1 aliphatic carbocycles. The minimum Gasteiger partial charge on any atom is -0.335 e. The van der Waals surface area contributed by atoms with Crippen LogP contribution in [0, 0.1) is 12.8 Å². The van der Waals surface area contributed by atoms with Crippen molar-refractivity contribution in [2.75, 3.05) is 5.43 Å². The van der Waals surface area contributed by atoms with Gasteiger partial charge >= 0.3 is 0 Å². The number of pyridine rings is 1. The predicted molar refractivity (Wildman–Crippen MR) is 60.8 cm³/mol. The molecule has 84 valence electrons. The van der Waals surface area contributed by atoms with Crippen LogP contribution in [0.3, 0.4) is 0 Å². The van der Waals surface area contributed by atoms with E-state index in [9.17, 15) is 0 Å². The van der Waals surface area contributed by atoms with Crippen molar-refractivity contribution in [3.05, 3.63) is 17.5 Å². The maximum Gasteiger partial charge on any atom is 0.260 e. The first-order valence-electron chi connectivity index (χ1n) is 5.50. The molecule has 0 atom stereocenters. The number of nitrogens with two attached hydrogens (primary N) is 1. The number of nitrogens with one attached hydrogen (secondary N) is 1. The number of aromatic nitrogens is 2. The fraction of sp³-hybridized carbons (Fsp3) is 0.455. The number of hydrogen-bond donors (Lipinski definition) is 2. The molecule has 2 aromatic heterocycles. The molecule has 2 aromatic rings. The van der Waals surface area contributed by atoms with Gasteiger partial charge in [0.25, 0.3) is 5.71 Å². The normalized spacial score (nSPS) is 15.6. The Morgan fingerprint density at radius 3 is 3.06 bits per heavy atom. The summed E-state index contributed by atoms with van der Waals surface area (Å²) in [7, 11) is 0. The van der Waals surface area contributed by atoms with Crippen LogP contribution < -0.4 is 11.3 Å². The molecule has 5 heteroatoms. The standard InChI is InChI=1S/C11H14N4O/c1-6-10-9(14-12)5-8(4-7-2-3-7)13-11(10)16-15-6/h5,7H,2-4,12H2,1H3,(H,13,14). The van der Waals surface area contributed by atoms with Gasteiger partial charge in [-0.15, -0.1) is 0 Å². The molecule has 0 radical (unpaired) electrons. The number of anilines is 1. The van der Waals surface area contributed by atoms with Gasteiger partial charge in [-0.3, -0.25) is 5.84 Å². The smallest absolute Gasteiger partial charge is 0.260 e. The summed E-state index contributed by atoms with van der Waals surface area (Å²) in [6, 6.07) is 1.99. The van der Waals surface area contributed by atoms with Crippen molar-refractivity contribution in [1.29, 1.82) is 0 Å². The van der Waals surface area contributed by atoms with Gasteiger partial charge in [0.1, 0.15) is 0 Å². The minimum atomic E-state index is 0.573. The van der Waals surface area contributed by atoms with Crippen LogP contribution in [-0.4, -0.2) is 10.1 Å².